The predicted octanol–water partition coefficient (Wildman–Crippen LogP) is -1.37. The Morgan fingerprint density at radius 2 is 1.52 bits per heavy atom. The average Bonchev–Trinajstić information content (AvgIpc) is 2.77. The number of amides is 3. The first-order valence-corrected chi connectivity index (χ1v) is 10.9. The van der Waals surface area contributed by atoms with Crippen molar-refractivity contribution in [2.75, 3.05) is 6.54 Å². The van der Waals surface area contributed by atoms with Gasteiger partial charge in [0.15, 0.2) is 0 Å². The molecule has 0 spiro atoms. The van der Waals surface area contributed by atoms with Gasteiger partial charge in [0.05, 0.1) is 6.10 Å². The zero-order valence-electron chi connectivity index (χ0n) is 19.0. The van der Waals surface area contributed by atoms with Crippen LogP contribution in [0.5, 0.6) is 0 Å². The summed E-state index contributed by atoms with van der Waals surface area (Å²) in [6.45, 7) is 3.18. The van der Waals surface area contributed by atoms with Crippen molar-refractivity contribution in [2.24, 2.45) is 11.5 Å². The fraction of sp³-hybridized carbons (Fsp3) is 0.545. The van der Waals surface area contributed by atoms with E-state index in [-0.39, 0.29) is 12.8 Å². The minimum Gasteiger partial charge on any atom is -0.480 e. The summed E-state index contributed by atoms with van der Waals surface area (Å²) in [5.74, 6) is -3.22. The number of aliphatic hydroxyl groups excluding tert-OH is 1. The molecule has 0 aromatic heterocycles. The number of hydrogen-bond acceptors (Lipinski definition) is 7. The van der Waals surface area contributed by atoms with Crippen molar-refractivity contribution in [3.8, 4) is 0 Å². The zero-order valence-corrected chi connectivity index (χ0v) is 19.0. The smallest absolute Gasteiger partial charge is 0.326 e. The number of aliphatic carboxylic acids is 1. The van der Waals surface area contributed by atoms with Gasteiger partial charge >= 0.3 is 5.97 Å². The van der Waals surface area contributed by atoms with Gasteiger partial charge in [-0.3, -0.25) is 14.4 Å². The Morgan fingerprint density at radius 3 is 2.06 bits per heavy atom. The number of carboxylic acid groups (broad SMARTS) is 1. The second-order valence-electron chi connectivity index (χ2n) is 7.93. The third kappa shape index (κ3) is 9.98. The number of nitrogens with two attached hydrogens (primary N) is 2. The number of carbonyl (C=O) groups is 4. The van der Waals surface area contributed by atoms with Crippen LogP contribution >= 0.6 is 0 Å². The Morgan fingerprint density at radius 1 is 0.909 bits per heavy atom. The van der Waals surface area contributed by atoms with Gasteiger partial charge in [0.1, 0.15) is 24.2 Å². The summed E-state index contributed by atoms with van der Waals surface area (Å²) in [4.78, 5) is 49.1. The van der Waals surface area contributed by atoms with E-state index in [1.165, 1.54) is 13.8 Å². The molecule has 0 radical (unpaired) electrons. The first kappa shape index (κ1) is 28.0. The van der Waals surface area contributed by atoms with Crippen molar-refractivity contribution in [1.82, 2.24) is 16.0 Å². The van der Waals surface area contributed by atoms with Crippen LogP contribution < -0.4 is 27.4 Å². The molecule has 5 unspecified atom stereocenters. The van der Waals surface area contributed by atoms with E-state index >= 15 is 0 Å². The second-order valence-corrected chi connectivity index (χ2v) is 7.93. The summed E-state index contributed by atoms with van der Waals surface area (Å²) >= 11 is 0. The molecular formula is C22H35N5O6. The van der Waals surface area contributed by atoms with Crippen LogP contribution in [-0.4, -0.2) is 70.7 Å². The summed E-state index contributed by atoms with van der Waals surface area (Å²) < 4.78 is 0. The van der Waals surface area contributed by atoms with Crippen LogP contribution in [-0.2, 0) is 25.6 Å². The van der Waals surface area contributed by atoms with Crippen LogP contribution in [0.3, 0.4) is 0 Å². The zero-order chi connectivity index (χ0) is 25.0. The highest BCUT2D eigenvalue weighted by atomic mass is 16.4. The van der Waals surface area contributed by atoms with Crippen molar-refractivity contribution in [2.45, 2.75) is 69.8 Å². The molecule has 0 saturated heterocycles. The number of rotatable bonds is 14. The van der Waals surface area contributed by atoms with Crippen LogP contribution in [0.4, 0.5) is 0 Å². The molecule has 11 heteroatoms. The maximum Gasteiger partial charge on any atom is 0.326 e. The number of carboxylic acids is 1. The van der Waals surface area contributed by atoms with Crippen molar-refractivity contribution >= 4 is 23.7 Å². The molecule has 1 aromatic rings. The number of hydrogen-bond donors (Lipinski definition) is 7. The molecule has 1 aromatic carbocycles. The van der Waals surface area contributed by atoms with E-state index < -0.39 is 54.0 Å². The van der Waals surface area contributed by atoms with Gasteiger partial charge in [-0.05, 0) is 45.2 Å². The first-order chi connectivity index (χ1) is 15.6. The largest absolute Gasteiger partial charge is 0.480 e. The Labute approximate surface area is 193 Å². The normalized spacial score (nSPS) is 15.4. The highest BCUT2D eigenvalue weighted by Crippen LogP contribution is 2.06. The Kier molecular flexibility index (Phi) is 12.0. The lowest BCUT2D eigenvalue weighted by Gasteiger charge is -2.24. The van der Waals surface area contributed by atoms with Crippen molar-refractivity contribution in [3.05, 3.63) is 35.9 Å². The number of aliphatic hydroxyl groups is 1. The fourth-order valence-corrected chi connectivity index (χ4v) is 2.97. The number of carbonyl (C=O) groups excluding carboxylic acids is 3. The maximum absolute atomic E-state index is 12.9. The standard InChI is InChI=1S/C22H35N5O6/c1-13(19(29)26-16(22(32)33)10-6-7-11-23)25-20(30)17(12-15-8-4-3-5-9-15)27-21(31)18(24)14(2)28/h3-5,8-9,13-14,16-18,28H,6-7,10-12,23-24H2,1-2H3,(H,25,30)(H,26,29)(H,27,31)(H,32,33). The van der Waals surface area contributed by atoms with Crippen LogP contribution in [0.1, 0.15) is 38.7 Å². The molecule has 0 aliphatic rings. The summed E-state index contributed by atoms with van der Waals surface area (Å²) in [6.07, 6.45) is 0.367. The molecule has 0 aliphatic heterocycles. The lowest BCUT2D eigenvalue weighted by atomic mass is 10.0. The van der Waals surface area contributed by atoms with E-state index in [4.69, 9.17) is 11.5 Å². The van der Waals surface area contributed by atoms with Crippen LogP contribution in [0, 0.1) is 0 Å². The number of benzene rings is 1. The van der Waals surface area contributed by atoms with E-state index in [2.05, 4.69) is 16.0 Å². The highest BCUT2D eigenvalue weighted by molar-refractivity contribution is 5.94. The third-order valence-corrected chi connectivity index (χ3v) is 5.05. The van der Waals surface area contributed by atoms with Gasteiger partial charge < -0.3 is 37.6 Å². The van der Waals surface area contributed by atoms with Gasteiger partial charge in [-0.1, -0.05) is 30.3 Å². The molecule has 5 atom stereocenters. The molecular weight excluding hydrogens is 430 g/mol. The molecule has 0 fully saturated rings. The third-order valence-electron chi connectivity index (χ3n) is 5.05. The summed E-state index contributed by atoms with van der Waals surface area (Å²) in [7, 11) is 0. The monoisotopic (exact) mass is 465 g/mol. The van der Waals surface area contributed by atoms with Crippen molar-refractivity contribution in [3.63, 3.8) is 0 Å². The predicted molar refractivity (Wildman–Crippen MR) is 122 cm³/mol. The summed E-state index contributed by atoms with van der Waals surface area (Å²) in [5, 5.41) is 26.3. The molecule has 3 amide bonds. The topological polar surface area (TPSA) is 197 Å². The molecule has 184 valence electrons. The minimum absolute atomic E-state index is 0.121. The fourth-order valence-electron chi connectivity index (χ4n) is 2.97. The number of unbranched alkanes of at least 4 members (excludes halogenated alkanes) is 1. The van der Waals surface area contributed by atoms with Gasteiger partial charge in [0, 0.05) is 6.42 Å². The Hall–Kier alpha value is -3.02. The highest BCUT2D eigenvalue weighted by Gasteiger charge is 2.29. The van der Waals surface area contributed by atoms with E-state index in [0.717, 1.165) is 5.56 Å². The van der Waals surface area contributed by atoms with Gasteiger partial charge in [-0.2, -0.15) is 0 Å². The Balaban J connectivity index is 2.85. The lowest BCUT2D eigenvalue weighted by molar-refractivity contribution is -0.142. The summed E-state index contributed by atoms with van der Waals surface area (Å²) in [6, 6.07) is 4.44. The molecule has 0 heterocycles. The summed E-state index contributed by atoms with van der Waals surface area (Å²) in [5.41, 5.74) is 11.8. The van der Waals surface area contributed by atoms with Crippen molar-refractivity contribution < 1.29 is 29.4 Å². The van der Waals surface area contributed by atoms with Crippen molar-refractivity contribution in [1.29, 1.82) is 0 Å². The molecule has 0 bridgehead atoms. The second kappa shape index (κ2) is 14.2. The molecule has 11 nitrogen and oxygen atoms in total. The first-order valence-electron chi connectivity index (χ1n) is 10.9. The van der Waals surface area contributed by atoms with Gasteiger partial charge in [-0.15, -0.1) is 0 Å². The van der Waals surface area contributed by atoms with E-state index in [1.807, 2.05) is 0 Å². The van der Waals surface area contributed by atoms with E-state index in [9.17, 15) is 29.4 Å². The van der Waals surface area contributed by atoms with Gasteiger partial charge in [0.2, 0.25) is 17.7 Å². The molecule has 1 rings (SSSR count). The Bertz CT molecular complexity index is 789. The molecule has 0 aliphatic carbocycles. The maximum atomic E-state index is 12.9. The van der Waals surface area contributed by atoms with Crippen LogP contribution in [0.2, 0.25) is 0 Å². The van der Waals surface area contributed by atoms with Gasteiger partial charge in [0.25, 0.3) is 0 Å². The SMILES string of the molecule is CC(NC(=O)C(Cc1ccccc1)NC(=O)C(N)C(C)O)C(=O)NC(CCCCN)C(=O)O. The van der Waals surface area contributed by atoms with E-state index in [0.29, 0.717) is 19.4 Å². The number of nitrogens with one attached hydrogen (secondary N) is 3. The average molecular weight is 466 g/mol. The lowest BCUT2D eigenvalue weighted by Crippen LogP contribution is -2.58. The minimum atomic E-state index is -1.23. The van der Waals surface area contributed by atoms with Crippen LogP contribution in [0.25, 0.3) is 0 Å². The molecule has 0 saturated carbocycles. The van der Waals surface area contributed by atoms with E-state index in [1.54, 1.807) is 30.3 Å². The molecule has 9 N–H and O–H groups in total. The molecule has 33 heavy (non-hydrogen) atoms. The van der Waals surface area contributed by atoms with Gasteiger partial charge in [-0.25, -0.2) is 4.79 Å². The van der Waals surface area contributed by atoms with Crippen LogP contribution in [0.15, 0.2) is 30.3 Å². The quantitative estimate of drug-likeness (QED) is 0.163.